The summed E-state index contributed by atoms with van der Waals surface area (Å²) < 4.78 is 25.2. The molecule has 0 atom stereocenters. The van der Waals surface area contributed by atoms with Crippen molar-refractivity contribution in [2.75, 3.05) is 5.73 Å². The average molecular weight is 160 g/mol. The van der Waals surface area contributed by atoms with Crippen LogP contribution in [0.1, 0.15) is 5.56 Å². The third-order valence-corrected chi connectivity index (χ3v) is 1.25. The van der Waals surface area contributed by atoms with Gasteiger partial charge in [0.15, 0.2) is 11.6 Å². The molecule has 0 unspecified atom stereocenters. The fourth-order valence-corrected chi connectivity index (χ4v) is 0.665. The predicted molar refractivity (Wildman–Crippen MR) is 34.5 cm³/mol. The third kappa shape index (κ3) is 1.27. The topological polar surface area (TPSA) is 59.1 Å². The number of nitrogen functional groups attached to an aromatic ring is 1. The molecular weight excluding hydrogens is 154 g/mol. The molecule has 60 valence electrons. The Balaban J connectivity index is 3.29. The first-order valence-electron chi connectivity index (χ1n) is 2.86. The first kappa shape index (κ1) is 7.87. The minimum absolute atomic E-state index is 0.407. The summed E-state index contributed by atoms with van der Waals surface area (Å²) in [5.41, 5.74) is 4.55. The molecule has 1 aromatic rings. The molecule has 0 fully saturated rings. The molecule has 0 spiro atoms. The second-order valence-corrected chi connectivity index (χ2v) is 1.94. The summed E-state index contributed by atoms with van der Waals surface area (Å²) in [6.45, 7) is -0.718. The monoisotopic (exact) mass is 160 g/mol. The maximum Gasteiger partial charge on any atom is 0.173 e. The van der Waals surface area contributed by atoms with Gasteiger partial charge in [-0.3, -0.25) is 0 Å². The summed E-state index contributed by atoms with van der Waals surface area (Å²) in [4.78, 5) is 3.20. The summed E-state index contributed by atoms with van der Waals surface area (Å²) >= 11 is 0. The molecule has 11 heavy (non-hydrogen) atoms. The van der Waals surface area contributed by atoms with Gasteiger partial charge in [-0.05, 0) is 0 Å². The molecule has 1 aromatic heterocycles. The number of hydrogen-bond acceptors (Lipinski definition) is 3. The molecular formula is C6H6F2N2O. The number of nitrogens with zero attached hydrogens (tertiary/aromatic N) is 1. The summed E-state index contributed by atoms with van der Waals surface area (Å²) in [5.74, 6) is -2.29. The van der Waals surface area contributed by atoms with Gasteiger partial charge in [-0.25, -0.2) is 13.8 Å². The summed E-state index contributed by atoms with van der Waals surface area (Å²) in [7, 11) is 0. The van der Waals surface area contributed by atoms with Crippen LogP contribution in [0.5, 0.6) is 0 Å². The molecule has 0 saturated carbocycles. The maximum atomic E-state index is 12.7. The van der Waals surface area contributed by atoms with E-state index in [1.165, 1.54) is 0 Å². The van der Waals surface area contributed by atoms with Gasteiger partial charge in [0.25, 0.3) is 0 Å². The Labute approximate surface area is 61.5 Å². The zero-order valence-electron chi connectivity index (χ0n) is 5.51. The summed E-state index contributed by atoms with van der Waals surface area (Å²) in [6, 6.07) is 0. The van der Waals surface area contributed by atoms with Gasteiger partial charge >= 0.3 is 0 Å². The van der Waals surface area contributed by atoms with Gasteiger partial charge in [0.2, 0.25) is 0 Å². The quantitative estimate of drug-likeness (QED) is 0.626. The van der Waals surface area contributed by atoms with E-state index in [2.05, 4.69) is 4.98 Å². The Kier molecular flexibility index (Phi) is 2.00. The lowest BCUT2D eigenvalue weighted by atomic mass is 10.2. The van der Waals surface area contributed by atoms with Crippen LogP contribution in [0.25, 0.3) is 0 Å². The van der Waals surface area contributed by atoms with Crippen LogP contribution in [-0.2, 0) is 6.61 Å². The highest BCUT2D eigenvalue weighted by Gasteiger charge is 2.11. The van der Waals surface area contributed by atoms with Crippen molar-refractivity contribution < 1.29 is 13.9 Å². The molecule has 0 aliphatic rings. The van der Waals surface area contributed by atoms with Gasteiger partial charge in [-0.1, -0.05) is 0 Å². The number of aliphatic hydroxyl groups excluding tert-OH is 1. The molecule has 0 amide bonds. The van der Waals surface area contributed by atoms with Crippen LogP contribution in [0.15, 0.2) is 6.20 Å². The number of aromatic nitrogens is 1. The number of pyridine rings is 1. The second kappa shape index (κ2) is 2.79. The second-order valence-electron chi connectivity index (χ2n) is 1.94. The molecule has 1 rings (SSSR count). The average Bonchev–Trinajstić information content (AvgIpc) is 1.99. The molecule has 3 N–H and O–H groups in total. The van der Waals surface area contributed by atoms with E-state index in [0.29, 0.717) is 0 Å². The summed E-state index contributed by atoms with van der Waals surface area (Å²) in [5, 5.41) is 8.46. The largest absolute Gasteiger partial charge is 0.391 e. The van der Waals surface area contributed by atoms with Crippen LogP contribution in [0.4, 0.5) is 14.6 Å². The fraction of sp³-hybridized carbons (Fsp3) is 0.167. The number of rotatable bonds is 1. The Morgan fingerprint density at radius 3 is 2.64 bits per heavy atom. The van der Waals surface area contributed by atoms with Crippen LogP contribution < -0.4 is 5.73 Å². The van der Waals surface area contributed by atoms with E-state index < -0.39 is 29.6 Å². The molecule has 3 nitrogen and oxygen atoms in total. The van der Waals surface area contributed by atoms with Crippen molar-refractivity contribution in [3.05, 3.63) is 23.4 Å². The predicted octanol–water partition coefficient (Wildman–Crippen LogP) is 0.434. The zero-order valence-corrected chi connectivity index (χ0v) is 5.51. The number of nitrogens with two attached hydrogens (primary N) is 1. The van der Waals surface area contributed by atoms with Gasteiger partial charge in [-0.2, -0.15) is 0 Å². The fourth-order valence-electron chi connectivity index (χ4n) is 0.665. The van der Waals surface area contributed by atoms with E-state index >= 15 is 0 Å². The highest BCUT2D eigenvalue weighted by molar-refractivity contribution is 5.34. The van der Waals surface area contributed by atoms with Gasteiger partial charge in [0.1, 0.15) is 5.82 Å². The molecule has 5 heteroatoms. The highest BCUT2D eigenvalue weighted by atomic mass is 19.1. The number of anilines is 1. The van der Waals surface area contributed by atoms with Gasteiger partial charge in [0.05, 0.1) is 18.4 Å². The number of aliphatic hydroxyl groups is 1. The molecule has 0 saturated heterocycles. The Hall–Kier alpha value is -1.23. The SMILES string of the molecule is Nc1ncc(F)c(CO)c1F. The van der Waals surface area contributed by atoms with E-state index in [1.54, 1.807) is 0 Å². The van der Waals surface area contributed by atoms with Crippen LogP contribution in [0.3, 0.4) is 0 Å². The molecule has 1 heterocycles. The van der Waals surface area contributed by atoms with Crippen molar-refractivity contribution in [1.82, 2.24) is 4.98 Å². The lowest BCUT2D eigenvalue weighted by Crippen LogP contribution is -2.02. The van der Waals surface area contributed by atoms with Crippen LogP contribution in [0, 0.1) is 11.6 Å². The first-order valence-corrected chi connectivity index (χ1v) is 2.86. The molecule has 0 radical (unpaired) electrons. The van der Waals surface area contributed by atoms with Crippen molar-refractivity contribution in [2.24, 2.45) is 0 Å². The zero-order chi connectivity index (χ0) is 8.43. The van der Waals surface area contributed by atoms with Crippen LogP contribution >= 0.6 is 0 Å². The van der Waals surface area contributed by atoms with E-state index in [0.717, 1.165) is 6.20 Å². The van der Waals surface area contributed by atoms with Crippen molar-refractivity contribution in [1.29, 1.82) is 0 Å². The van der Waals surface area contributed by atoms with E-state index in [4.69, 9.17) is 10.8 Å². The van der Waals surface area contributed by atoms with Crippen LogP contribution in [0.2, 0.25) is 0 Å². The Morgan fingerprint density at radius 1 is 1.55 bits per heavy atom. The van der Waals surface area contributed by atoms with Crippen molar-refractivity contribution >= 4 is 5.82 Å². The van der Waals surface area contributed by atoms with Gasteiger partial charge in [0, 0.05) is 0 Å². The third-order valence-electron chi connectivity index (χ3n) is 1.25. The van der Waals surface area contributed by atoms with Crippen molar-refractivity contribution in [3.63, 3.8) is 0 Å². The number of hydrogen-bond donors (Lipinski definition) is 2. The van der Waals surface area contributed by atoms with Crippen molar-refractivity contribution in [2.45, 2.75) is 6.61 Å². The molecule has 0 aliphatic carbocycles. The lowest BCUT2D eigenvalue weighted by molar-refractivity contribution is 0.268. The lowest BCUT2D eigenvalue weighted by Gasteiger charge is -2.01. The van der Waals surface area contributed by atoms with Gasteiger partial charge in [-0.15, -0.1) is 0 Å². The standard InChI is InChI=1S/C6H6F2N2O/c7-4-1-10-6(9)5(8)3(4)2-11/h1,11H,2H2,(H2,9,10). The normalized spacial score (nSPS) is 10.1. The van der Waals surface area contributed by atoms with E-state index in [1.807, 2.05) is 0 Å². The maximum absolute atomic E-state index is 12.7. The molecule has 0 aromatic carbocycles. The highest BCUT2D eigenvalue weighted by Crippen LogP contribution is 2.15. The smallest absolute Gasteiger partial charge is 0.173 e. The first-order chi connectivity index (χ1) is 5.16. The molecule has 0 bridgehead atoms. The number of halogens is 2. The van der Waals surface area contributed by atoms with Crippen LogP contribution in [-0.4, -0.2) is 10.1 Å². The van der Waals surface area contributed by atoms with Gasteiger partial charge < -0.3 is 10.8 Å². The van der Waals surface area contributed by atoms with Crippen molar-refractivity contribution in [3.8, 4) is 0 Å². The van der Waals surface area contributed by atoms with E-state index in [-0.39, 0.29) is 0 Å². The Morgan fingerprint density at radius 2 is 2.18 bits per heavy atom. The summed E-state index contributed by atoms with van der Waals surface area (Å²) in [6.07, 6.45) is 0.768. The van der Waals surface area contributed by atoms with E-state index in [9.17, 15) is 8.78 Å². The molecule has 0 aliphatic heterocycles. The minimum Gasteiger partial charge on any atom is -0.391 e. The Bertz CT molecular complexity index is 278. The minimum atomic E-state index is -0.993.